The number of hydrogen-bond donors (Lipinski definition) is 1. The third-order valence-electron chi connectivity index (χ3n) is 7.20. The molecule has 0 saturated carbocycles. The van der Waals surface area contributed by atoms with Gasteiger partial charge in [0, 0.05) is 69.6 Å². The highest BCUT2D eigenvalue weighted by atomic mass is 16.2. The van der Waals surface area contributed by atoms with E-state index in [1.165, 1.54) is 0 Å². The van der Waals surface area contributed by atoms with Gasteiger partial charge in [-0.25, -0.2) is 0 Å². The molecule has 32 heavy (non-hydrogen) atoms. The second kappa shape index (κ2) is 7.04. The number of allylic oxidation sites excluding steroid dienone is 2. The van der Waals surface area contributed by atoms with Gasteiger partial charge in [-0.3, -0.25) is 9.59 Å². The van der Waals surface area contributed by atoms with E-state index >= 15 is 0 Å². The average Bonchev–Trinajstić information content (AvgIpc) is 3.41. The van der Waals surface area contributed by atoms with Crippen molar-refractivity contribution < 1.29 is 9.59 Å². The molecule has 2 aromatic heterocycles. The van der Waals surface area contributed by atoms with E-state index in [2.05, 4.69) is 16.7 Å². The molecule has 0 bridgehead atoms. The van der Waals surface area contributed by atoms with Crippen molar-refractivity contribution in [3.8, 4) is 0 Å². The summed E-state index contributed by atoms with van der Waals surface area (Å²) in [6.07, 6.45) is 3.79. The summed E-state index contributed by atoms with van der Waals surface area (Å²) < 4.78 is 4.36. The maximum Gasteiger partial charge on any atom is 0.172 e. The quantitative estimate of drug-likeness (QED) is 0.504. The number of fused-ring (bicyclic) bond motifs is 4. The first-order valence-corrected chi connectivity index (χ1v) is 11.2. The zero-order chi connectivity index (χ0) is 22.0. The fourth-order valence-corrected chi connectivity index (χ4v) is 5.68. The van der Waals surface area contributed by atoms with Crippen molar-refractivity contribution in [3.63, 3.8) is 0 Å². The molecular formula is C27H25N3O2. The molecule has 1 atom stereocenters. The number of rotatable bonds is 3. The SMILES string of the molecule is Cn1cc(C2=C(c3c4n(c5ccccc35)CCC(CN)C4)C(=O)CC2=O)c2ccccc21. The molecule has 0 fully saturated rings. The van der Waals surface area contributed by atoms with Crippen LogP contribution in [0.5, 0.6) is 0 Å². The number of aryl methyl sites for hydroxylation is 2. The van der Waals surface area contributed by atoms with Crippen LogP contribution in [0.15, 0.2) is 54.7 Å². The molecule has 0 spiro atoms. The third kappa shape index (κ3) is 2.61. The molecule has 1 aliphatic carbocycles. The van der Waals surface area contributed by atoms with Crippen LogP contribution in [0.4, 0.5) is 0 Å². The van der Waals surface area contributed by atoms with Crippen molar-refractivity contribution >= 4 is 44.5 Å². The van der Waals surface area contributed by atoms with Crippen LogP contribution in [-0.4, -0.2) is 27.2 Å². The molecule has 160 valence electrons. The third-order valence-corrected chi connectivity index (χ3v) is 7.20. The van der Waals surface area contributed by atoms with E-state index in [-0.39, 0.29) is 18.0 Å². The Bertz CT molecular complexity index is 1470. The molecule has 2 N–H and O–H groups in total. The van der Waals surface area contributed by atoms with Gasteiger partial charge in [-0.05, 0) is 37.4 Å². The lowest BCUT2D eigenvalue weighted by molar-refractivity contribution is -0.119. The molecule has 5 nitrogen and oxygen atoms in total. The Morgan fingerprint density at radius 3 is 2.41 bits per heavy atom. The second-order valence-corrected chi connectivity index (χ2v) is 9.03. The topological polar surface area (TPSA) is 70.0 Å². The summed E-state index contributed by atoms with van der Waals surface area (Å²) in [7, 11) is 1.98. The number of nitrogens with zero attached hydrogens (tertiary/aromatic N) is 2. The lowest BCUT2D eigenvalue weighted by atomic mass is 9.89. The summed E-state index contributed by atoms with van der Waals surface area (Å²) >= 11 is 0. The highest BCUT2D eigenvalue weighted by molar-refractivity contribution is 6.52. The van der Waals surface area contributed by atoms with Crippen LogP contribution in [-0.2, 0) is 29.6 Å². The first kappa shape index (κ1) is 19.3. The lowest BCUT2D eigenvalue weighted by Gasteiger charge is -2.25. The van der Waals surface area contributed by atoms with Crippen molar-refractivity contribution in [2.75, 3.05) is 6.54 Å². The minimum absolute atomic E-state index is 0.0623. The van der Waals surface area contributed by atoms with Crippen LogP contribution < -0.4 is 5.73 Å². The molecule has 3 heterocycles. The van der Waals surface area contributed by atoms with Crippen molar-refractivity contribution in [2.45, 2.75) is 25.8 Å². The molecule has 4 aromatic rings. The Morgan fingerprint density at radius 1 is 0.938 bits per heavy atom. The molecule has 2 aromatic carbocycles. The largest absolute Gasteiger partial charge is 0.350 e. The molecule has 5 heteroatoms. The lowest BCUT2D eigenvalue weighted by Crippen LogP contribution is -2.25. The number of hydrogen-bond acceptors (Lipinski definition) is 3. The van der Waals surface area contributed by atoms with E-state index < -0.39 is 0 Å². The smallest absolute Gasteiger partial charge is 0.172 e. The van der Waals surface area contributed by atoms with Crippen LogP contribution in [0.25, 0.3) is 33.0 Å². The van der Waals surface area contributed by atoms with E-state index in [0.717, 1.165) is 58.0 Å². The summed E-state index contributed by atoms with van der Waals surface area (Å²) in [6.45, 7) is 1.51. The molecule has 1 unspecified atom stereocenters. The second-order valence-electron chi connectivity index (χ2n) is 9.03. The molecule has 2 aliphatic rings. The van der Waals surface area contributed by atoms with Gasteiger partial charge in [0.25, 0.3) is 0 Å². The van der Waals surface area contributed by atoms with Gasteiger partial charge in [0.2, 0.25) is 0 Å². The number of Topliss-reactive ketones (excluding diaryl/α,β-unsaturated/α-hetero) is 2. The number of nitrogens with two attached hydrogens (primary N) is 1. The van der Waals surface area contributed by atoms with Crippen LogP contribution in [0.3, 0.4) is 0 Å². The zero-order valence-corrected chi connectivity index (χ0v) is 18.1. The van der Waals surface area contributed by atoms with Gasteiger partial charge in [-0.15, -0.1) is 0 Å². The Balaban J connectivity index is 1.71. The standard InChI is InChI=1S/C27H25N3O2/c1-29-15-19(17-6-2-4-8-20(17)29)26-23(31)13-24(32)27(26)25-18-7-3-5-9-21(18)30-11-10-16(14-28)12-22(25)30/h2-9,15-16H,10-14,28H2,1H3. The summed E-state index contributed by atoms with van der Waals surface area (Å²) in [4.78, 5) is 26.6. The number of para-hydroxylation sites is 2. The van der Waals surface area contributed by atoms with Crippen LogP contribution in [0.2, 0.25) is 0 Å². The van der Waals surface area contributed by atoms with Gasteiger partial charge < -0.3 is 14.9 Å². The van der Waals surface area contributed by atoms with E-state index in [4.69, 9.17) is 5.73 Å². The molecule has 0 radical (unpaired) electrons. The van der Waals surface area contributed by atoms with Gasteiger partial charge in [-0.1, -0.05) is 36.4 Å². The van der Waals surface area contributed by atoms with Crippen LogP contribution >= 0.6 is 0 Å². The van der Waals surface area contributed by atoms with E-state index in [9.17, 15) is 9.59 Å². The molecular weight excluding hydrogens is 398 g/mol. The first-order chi connectivity index (χ1) is 15.6. The predicted octanol–water partition coefficient (Wildman–Crippen LogP) is 4.11. The number of carbonyl (C=O) groups is 2. The number of ketones is 2. The van der Waals surface area contributed by atoms with Gasteiger partial charge in [0.05, 0.1) is 6.42 Å². The van der Waals surface area contributed by atoms with Gasteiger partial charge in [0.15, 0.2) is 11.6 Å². The summed E-state index contributed by atoms with van der Waals surface area (Å²) in [6, 6.07) is 16.3. The summed E-state index contributed by atoms with van der Waals surface area (Å²) in [5, 5.41) is 2.05. The van der Waals surface area contributed by atoms with Crippen molar-refractivity contribution in [3.05, 3.63) is 71.5 Å². The Hall–Kier alpha value is -3.44. The molecule has 0 amide bonds. The Kier molecular flexibility index (Phi) is 4.24. The summed E-state index contributed by atoms with van der Waals surface area (Å²) in [5.74, 6) is 0.225. The minimum Gasteiger partial charge on any atom is -0.350 e. The van der Waals surface area contributed by atoms with Crippen molar-refractivity contribution in [2.24, 2.45) is 18.7 Å². The molecule has 6 rings (SSSR count). The van der Waals surface area contributed by atoms with Gasteiger partial charge in [0.1, 0.15) is 0 Å². The van der Waals surface area contributed by atoms with Gasteiger partial charge >= 0.3 is 0 Å². The average molecular weight is 424 g/mol. The van der Waals surface area contributed by atoms with Gasteiger partial charge in [-0.2, -0.15) is 0 Å². The number of carbonyl (C=O) groups excluding carboxylic acids is 2. The van der Waals surface area contributed by atoms with Crippen LogP contribution in [0.1, 0.15) is 29.7 Å². The molecule has 0 saturated heterocycles. The predicted molar refractivity (Wildman–Crippen MR) is 127 cm³/mol. The van der Waals surface area contributed by atoms with Crippen LogP contribution in [0, 0.1) is 5.92 Å². The minimum atomic E-state index is -0.0865. The highest BCUT2D eigenvalue weighted by Crippen LogP contribution is 2.44. The number of benzene rings is 2. The van der Waals surface area contributed by atoms with E-state index in [1.54, 1.807) is 0 Å². The Labute approximate surface area is 186 Å². The summed E-state index contributed by atoms with van der Waals surface area (Å²) in [5.41, 5.74) is 12.3. The maximum atomic E-state index is 13.4. The number of aromatic nitrogens is 2. The van der Waals surface area contributed by atoms with E-state index in [1.807, 2.05) is 54.2 Å². The fourth-order valence-electron chi connectivity index (χ4n) is 5.68. The van der Waals surface area contributed by atoms with E-state index in [0.29, 0.717) is 23.6 Å². The Morgan fingerprint density at radius 2 is 1.62 bits per heavy atom. The molecule has 1 aliphatic heterocycles. The fraction of sp³-hybridized carbons (Fsp3) is 0.259. The van der Waals surface area contributed by atoms with Crippen molar-refractivity contribution in [1.29, 1.82) is 0 Å². The normalized spacial score (nSPS) is 18.9. The maximum absolute atomic E-state index is 13.4. The monoisotopic (exact) mass is 423 g/mol. The first-order valence-electron chi connectivity index (χ1n) is 11.2. The highest BCUT2D eigenvalue weighted by Gasteiger charge is 2.37. The zero-order valence-electron chi connectivity index (χ0n) is 18.1. The van der Waals surface area contributed by atoms with Crippen molar-refractivity contribution in [1.82, 2.24) is 9.13 Å².